The summed E-state index contributed by atoms with van der Waals surface area (Å²) in [6, 6.07) is 25.5. The molecule has 1 amide bonds. The maximum Gasteiger partial charge on any atom is 0.234 e. The van der Waals surface area contributed by atoms with Crippen LogP contribution in [0.25, 0.3) is 22.4 Å². The van der Waals surface area contributed by atoms with Crippen LogP contribution in [0.15, 0.2) is 77.8 Å². The van der Waals surface area contributed by atoms with Crippen LogP contribution in [-0.4, -0.2) is 23.4 Å². The Hall–Kier alpha value is -4.28. The number of carbonyl (C=O) groups excluding carboxylic acids is 1. The predicted octanol–water partition coefficient (Wildman–Crippen LogP) is 6.36. The molecule has 0 aliphatic carbocycles. The Bertz CT molecular complexity index is 1480. The lowest BCUT2D eigenvalue weighted by Gasteiger charge is -2.14. The number of nitrogens with one attached hydrogen (secondary N) is 1. The summed E-state index contributed by atoms with van der Waals surface area (Å²) in [5, 5.41) is 13.6. The van der Waals surface area contributed by atoms with E-state index in [-0.39, 0.29) is 18.5 Å². The number of fused-ring (bicyclic) bond motifs is 1. The highest BCUT2D eigenvalue weighted by molar-refractivity contribution is 8.00. The molecule has 3 aromatic carbocycles. The smallest absolute Gasteiger partial charge is 0.234 e. The Labute approximate surface area is 213 Å². The van der Waals surface area contributed by atoms with Crippen LogP contribution in [0.1, 0.15) is 16.7 Å². The summed E-state index contributed by atoms with van der Waals surface area (Å²) in [7, 11) is 0. The number of aryl methyl sites for hydroxylation is 2. The molecule has 0 saturated carbocycles. The number of carbonyl (C=O) groups is 1. The van der Waals surface area contributed by atoms with Crippen LogP contribution in [0.4, 0.5) is 5.69 Å². The number of aromatic nitrogens is 1. The van der Waals surface area contributed by atoms with Crippen molar-refractivity contribution in [3.05, 3.63) is 89.5 Å². The summed E-state index contributed by atoms with van der Waals surface area (Å²) in [5.41, 5.74) is 6.42. The Balaban J connectivity index is 1.51. The number of rotatable bonds is 6. The topological polar surface area (TPSA) is 84.2 Å². The fraction of sp³-hybridized carbons (Fsp3) is 0.138. The fourth-order valence-corrected chi connectivity index (χ4v) is 4.91. The quantitative estimate of drug-likeness (QED) is 0.315. The van der Waals surface area contributed by atoms with Crippen LogP contribution in [0, 0.1) is 25.2 Å². The maximum atomic E-state index is 12.9. The molecule has 0 unspecified atom stereocenters. The van der Waals surface area contributed by atoms with Crippen molar-refractivity contribution >= 4 is 23.4 Å². The average Bonchev–Trinajstić information content (AvgIpc) is 3.37. The predicted molar refractivity (Wildman–Crippen MR) is 141 cm³/mol. The number of benzene rings is 3. The molecule has 5 rings (SSSR count). The Morgan fingerprint density at radius 2 is 1.72 bits per heavy atom. The third kappa shape index (κ3) is 4.77. The lowest BCUT2D eigenvalue weighted by molar-refractivity contribution is -0.113. The van der Waals surface area contributed by atoms with Gasteiger partial charge in [0, 0.05) is 16.8 Å². The highest BCUT2D eigenvalue weighted by atomic mass is 32.2. The van der Waals surface area contributed by atoms with E-state index >= 15 is 0 Å². The summed E-state index contributed by atoms with van der Waals surface area (Å²) >= 11 is 1.25. The van der Waals surface area contributed by atoms with Crippen molar-refractivity contribution < 1.29 is 14.3 Å². The minimum atomic E-state index is -0.155. The van der Waals surface area contributed by atoms with Gasteiger partial charge in [0.1, 0.15) is 11.1 Å². The zero-order valence-electron chi connectivity index (χ0n) is 19.9. The minimum absolute atomic E-state index is 0.119. The molecule has 178 valence electrons. The number of anilines is 1. The second-order valence-electron chi connectivity index (χ2n) is 8.38. The molecule has 0 fully saturated rings. The van der Waals surface area contributed by atoms with E-state index in [1.165, 1.54) is 11.8 Å². The summed E-state index contributed by atoms with van der Waals surface area (Å²) < 4.78 is 11.0. The van der Waals surface area contributed by atoms with Gasteiger partial charge >= 0.3 is 0 Å². The van der Waals surface area contributed by atoms with Gasteiger partial charge in [-0.3, -0.25) is 4.79 Å². The molecule has 36 heavy (non-hydrogen) atoms. The van der Waals surface area contributed by atoms with Gasteiger partial charge in [0.15, 0.2) is 11.5 Å². The van der Waals surface area contributed by atoms with Gasteiger partial charge in [-0.2, -0.15) is 5.26 Å². The third-order valence-corrected chi connectivity index (χ3v) is 6.91. The molecule has 1 aromatic heterocycles. The number of hydrogen-bond acceptors (Lipinski definition) is 6. The zero-order chi connectivity index (χ0) is 25.1. The first-order valence-corrected chi connectivity index (χ1v) is 12.4. The number of thioether (sulfide) groups is 1. The first-order valence-electron chi connectivity index (χ1n) is 11.4. The van der Waals surface area contributed by atoms with Crippen molar-refractivity contribution in [1.29, 1.82) is 5.26 Å². The standard InChI is InChI=1S/C29H23N3O3S/c1-18-7-6-8-19(2)28(18)32-27(33)16-36-29-23(15-30)22(14-24(31-29)20-9-4-3-5-10-20)21-11-12-25-26(13-21)35-17-34-25/h3-14H,16-17H2,1-2H3,(H,32,33). The molecular formula is C29H23N3O3S. The van der Waals surface area contributed by atoms with Crippen LogP contribution in [0.3, 0.4) is 0 Å². The summed E-state index contributed by atoms with van der Waals surface area (Å²) in [5.74, 6) is 1.27. The van der Waals surface area contributed by atoms with Gasteiger partial charge in [0.25, 0.3) is 0 Å². The number of ether oxygens (including phenoxy) is 2. The van der Waals surface area contributed by atoms with Crippen LogP contribution in [-0.2, 0) is 4.79 Å². The van der Waals surface area contributed by atoms with E-state index in [0.717, 1.165) is 39.2 Å². The lowest BCUT2D eigenvalue weighted by atomic mass is 9.99. The van der Waals surface area contributed by atoms with E-state index in [9.17, 15) is 10.1 Å². The zero-order valence-corrected chi connectivity index (χ0v) is 20.7. The van der Waals surface area contributed by atoms with Crippen molar-refractivity contribution in [2.45, 2.75) is 18.9 Å². The van der Waals surface area contributed by atoms with E-state index in [1.807, 2.05) is 86.6 Å². The highest BCUT2D eigenvalue weighted by Gasteiger charge is 2.20. The first kappa shape index (κ1) is 23.5. The van der Waals surface area contributed by atoms with Crippen molar-refractivity contribution in [2.75, 3.05) is 17.9 Å². The second kappa shape index (κ2) is 10.1. The van der Waals surface area contributed by atoms with Crippen LogP contribution in [0.5, 0.6) is 11.5 Å². The van der Waals surface area contributed by atoms with Crippen molar-refractivity contribution in [3.8, 4) is 40.0 Å². The summed E-state index contributed by atoms with van der Waals surface area (Å²) in [4.78, 5) is 17.6. The number of hydrogen-bond donors (Lipinski definition) is 1. The van der Waals surface area contributed by atoms with Gasteiger partial charge in [-0.15, -0.1) is 0 Å². The lowest BCUT2D eigenvalue weighted by Crippen LogP contribution is -2.16. The van der Waals surface area contributed by atoms with E-state index in [2.05, 4.69) is 11.4 Å². The molecule has 0 radical (unpaired) electrons. The van der Waals surface area contributed by atoms with Gasteiger partial charge in [-0.05, 0) is 48.7 Å². The molecule has 2 heterocycles. The van der Waals surface area contributed by atoms with Crippen molar-refractivity contribution in [3.63, 3.8) is 0 Å². The molecule has 0 bridgehead atoms. The Morgan fingerprint density at radius 1 is 0.972 bits per heavy atom. The van der Waals surface area contributed by atoms with Gasteiger partial charge in [-0.1, -0.05) is 66.4 Å². The molecular weight excluding hydrogens is 470 g/mol. The highest BCUT2D eigenvalue weighted by Crippen LogP contribution is 2.39. The number of para-hydroxylation sites is 1. The number of nitrogens with zero attached hydrogens (tertiary/aromatic N) is 2. The van der Waals surface area contributed by atoms with Crippen molar-refractivity contribution in [2.24, 2.45) is 0 Å². The Kier molecular flexibility index (Phi) is 6.61. The Morgan fingerprint density at radius 3 is 2.47 bits per heavy atom. The van der Waals surface area contributed by atoms with Gasteiger partial charge in [0.2, 0.25) is 12.7 Å². The minimum Gasteiger partial charge on any atom is -0.454 e. The molecule has 0 spiro atoms. The van der Waals surface area contributed by atoms with Crippen LogP contribution in [0.2, 0.25) is 0 Å². The molecule has 6 nitrogen and oxygen atoms in total. The molecule has 1 aliphatic heterocycles. The largest absolute Gasteiger partial charge is 0.454 e. The van der Waals surface area contributed by atoms with Crippen LogP contribution < -0.4 is 14.8 Å². The van der Waals surface area contributed by atoms with Gasteiger partial charge < -0.3 is 14.8 Å². The normalized spacial score (nSPS) is 11.7. The fourth-order valence-electron chi connectivity index (χ4n) is 4.10. The van der Waals surface area contributed by atoms with Crippen molar-refractivity contribution in [1.82, 2.24) is 4.98 Å². The SMILES string of the molecule is Cc1cccc(C)c1NC(=O)CSc1nc(-c2ccccc2)cc(-c2ccc3c(c2)OCO3)c1C#N. The molecule has 0 saturated heterocycles. The number of amides is 1. The van der Waals surface area contributed by atoms with Gasteiger partial charge in [-0.25, -0.2) is 4.98 Å². The second-order valence-corrected chi connectivity index (χ2v) is 9.35. The van der Waals surface area contributed by atoms with E-state index in [4.69, 9.17) is 14.5 Å². The molecule has 1 N–H and O–H groups in total. The average molecular weight is 494 g/mol. The maximum absolute atomic E-state index is 12.9. The molecule has 7 heteroatoms. The molecule has 4 aromatic rings. The van der Waals surface area contributed by atoms with Crippen LogP contribution >= 0.6 is 11.8 Å². The molecule has 0 atom stereocenters. The third-order valence-electron chi connectivity index (χ3n) is 5.94. The number of nitriles is 1. The number of pyridine rings is 1. The first-order chi connectivity index (χ1) is 17.5. The van der Waals surface area contributed by atoms with E-state index < -0.39 is 0 Å². The van der Waals surface area contributed by atoms with Gasteiger partial charge in [0.05, 0.1) is 17.0 Å². The molecule has 1 aliphatic rings. The summed E-state index contributed by atoms with van der Waals surface area (Å²) in [6.07, 6.45) is 0. The monoisotopic (exact) mass is 493 g/mol. The summed E-state index contributed by atoms with van der Waals surface area (Å²) in [6.45, 7) is 4.10. The van der Waals surface area contributed by atoms with E-state index in [0.29, 0.717) is 22.1 Å². The van der Waals surface area contributed by atoms with E-state index in [1.54, 1.807) is 0 Å².